The molecule has 2 heterocycles. The highest BCUT2D eigenvalue weighted by Crippen LogP contribution is 2.27. The maximum atomic E-state index is 12.6. The number of anilines is 2. The van der Waals surface area contributed by atoms with Gasteiger partial charge in [0, 0.05) is 22.2 Å². The lowest BCUT2D eigenvalue weighted by Crippen LogP contribution is -2.13. The van der Waals surface area contributed by atoms with Crippen molar-refractivity contribution >= 4 is 44.0 Å². The number of hydrogen-bond acceptors (Lipinski definition) is 5. The van der Waals surface area contributed by atoms with Crippen LogP contribution in [0.5, 0.6) is 0 Å². The highest BCUT2D eigenvalue weighted by molar-refractivity contribution is 7.90. The molecular formula is C21H15N5O3S. The number of H-pyrrole nitrogens is 1. The maximum absolute atomic E-state index is 12.6. The van der Waals surface area contributed by atoms with Gasteiger partial charge in [0.2, 0.25) is 0 Å². The summed E-state index contributed by atoms with van der Waals surface area (Å²) in [4.78, 5) is 12.8. The Kier molecular flexibility index (Phi) is 4.11. The minimum atomic E-state index is -3.69. The molecule has 0 saturated heterocycles. The third-order valence-corrected chi connectivity index (χ3v) is 6.10. The van der Waals surface area contributed by atoms with Crippen LogP contribution in [0.1, 0.15) is 15.9 Å². The third-order valence-electron chi connectivity index (χ3n) is 4.77. The highest BCUT2D eigenvalue weighted by atomic mass is 32.2. The molecule has 0 atom stereocenters. The van der Waals surface area contributed by atoms with Crippen LogP contribution >= 0.6 is 0 Å². The Morgan fingerprint density at radius 3 is 2.57 bits per heavy atom. The van der Waals surface area contributed by atoms with Crippen molar-refractivity contribution in [2.45, 2.75) is 4.90 Å². The van der Waals surface area contributed by atoms with Crippen molar-refractivity contribution in [2.75, 3.05) is 10.6 Å². The molecular weight excluding hydrogens is 402 g/mol. The van der Waals surface area contributed by atoms with Gasteiger partial charge >= 0.3 is 0 Å². The molecule has 9 heteroatoms. The summed E-state index contributed by atoms with van der Waals surface area (Å²) < 4.78 is 28.1. The smallest absolute Gasteiger partial charge is 0.285 e. The van der Waals surface area contributed by atoms with Gasteiger partial charge in [0.1, 0.15) is 4.90 Å². The van der Waals surface area contributed by atoms with Crippen LogP contribution in [0.4, 0.5) is 11.4 Å². The van der Waals surface area contributed by atoms with Gasteiger partial charge in [-0.3, -0.25) is 9.89 Å². The fourth-order valence-corrected chi connectivity index (χ4v) is 4.48. The number of sulfonamides is 1. The van der Waals surface area contributed by atoms with Gasteiger partial charge in [0.25, 0.3) is 15.9 Å². The number of fused-ring (bicyclic) bond motifs is 2. The molecule has 0 radical (unpaired) electrons. The van der Waals surface area contributed by atoms with Crippen LogP contribution in [-0.2, 0) is 10.0 Å². The van der Waals surface area contributed by atoms with E-state index in [1.807, 2.05) is 12.1 Å². The molecule has 3 aromatic carbocycles. The first-order chi connectivity index (χ1) is 14.5. The van der Waals surface area contributed by atoms with E-state index in [0.29, 0.717) is 22.5 Å². The number of nitrogens with zero attached hydrogens (tertiary/aromatic N) is 2. The topological polar surface area (TPSA) is 116 Å². The summed E-state index contributed by atoms with van der Waals surface area (Å²) >= 11 is 0. The summed E-state index contributed by atoms with van der Waals surface area (Å²) in [5, 5.41) is 13.7. The largest absolute Gasteiger partial charge is 0.339 e. The van der Waals surface area contributed by atoms with E-state index in [1.54, 1.807) is 54.7 Å². The summed E-state index contributed by atoms with van der Waals surface area (Å²) in [7, 11) is -3.69. The number of nitrogens with one attached hydrogen (secondary N) is 3. The van der Waals surface area contributed by atoms with Crippen molar-refractivity contribution in [3.8, 4) is 0 Å². The van der Waals surface area contributed by atoms with E-state index in [9.17, 15) is 13.2 Å². The molecule has 1 amide bonds. The lowest BCUT2D eigenvalue weighted by atomic mass is 10.1. The number of amidine groups is 1. The molecule has 1 aliphatic rings. The Hall–Kier alpha value is -3.98. The van der Waals surface area contributed by atoms with Crippen molar-refractivity contribution < 1.29 is 13.2 Å². The molecule has 0 aliphatic carbocycles. The molecule has 30 heavy (non-hydrogen) atoms. The quantitative estimate of drug-likeness (QED) is 0.473. The van der Waals surface area contributed by atoms with E-state index in [1.165, 1.54) is 6.07 Å². The molecule has 4 aromatic rings. The number of rotatable bonds is 3. The van der Waals surface area contributed by atoms with Gasteiger partial charge in [-0.15, -0.1) is 4.40 Å². The van der Waals surface area contributed by atoms with E-state index >= 15 is 0 Å². The Morgan fingerprint density at radius 2 is 1.73 bits per heavy atom. The average Bonchev–Trinajstić information content (AvgIpc) is 3.32. The van der Waals surface area contributed by atoms with Gasteiger partial charge < -0.3 is 10.6 Å². The van der Waals surface area contributed by atoms with Crippen molar-refractivity contribution in [1.82, 2.24) is 10.2 Å². The Labute approximate surface area is 171 Å². The predicted octanol–water partition coefficient (Wildman–Crippen LogP) is 3.38. The molecule has 0 unspecified atom stereocenters. The second-order valence-corrected chi connectivity index (χ2v) is 8.28. The second kappa shape index (κ2) is 6.82. The molecule has 1 aromatic heterocycles. The monoisotopic (exact) mass is 417 g/mol. The first kappa shape index (κ1) is 18.1. The predicted molar refractivity (Wildman–Crippen MR) is 114 cm³/mol. The van der Waals surface area contributed by atoms with Crippen molar-refractivity contribution in [1.29, 1.82) is 0 Å². The van der Waals surface area contributed by atoms with Gasteiger partial charge in [-0.1, -0.05) is 24.3 Å². The van der Waals surface area contributed by atoms with Crippen LogP contribution in [0.25, 0.3) is 10.9 Å². The third kappa shape index (κ3) is 3.11. The Balaban J connectivity index is 1.35. The summed E-state index contributed by atoms with van der Waals surface area (Å²) in [6.45, 7) is 0. The SMILES string of the molecule is O=C(Nc1cccc2cn[nH]c12)c1ccc(NC2=NS(=O)(=O)c3ccccc32)cc1. The van der Waals surface area contributed by atoms with E-state index in [2.05, 4.69) is 25.2 Å². The molecule has 0 spiro atoms. The van der Waals surface area contributed by atoms with E-state index in [0.717, 1.165) is 10.9 Å². The molecule has 0 bridgehead atoms. The number of hydrogen-bond donors (Lipinski definition) is 3. The van der Waals surface area contributed by atoms with E-state index < -0.39 is 10.0 Å². The summed E-state index contributed by atoms with van der Waals surface area (Å²) in [6.07, 6.45) is 1.69. The van der Waals surface area contributed by atoms with Crippen LogP contribution in [0.15, 0.2) is 82.2 Å². The number of benzene rings is 3. The van der Waals surface area contributed by atoms with Gasteiger partial charge in [0.05, 0.1) is 17.4 Å². The lowest BCUT2D eigenvalue weighted by molar-refractivity contribution is 0.102. The maximum Gasteiger partial charge on any atom is 0.285 e. The fourth-order valence-electron chi connectivity index (χ4n) is 3.31. The molecule has 8 nitrogen and oxygen atoms in total. The standard InChI is InChI=1S/C21H15N5O3S/c27-21(24-17-6-3-4-14-12-22-25-19(14)17)13-8-10-15(11-9-13)23-20-16-5-1-2-7-18(16)30(28,29)26-20/h1-12H,(H,22,25)(H,23,26)(H,24,27). The first-order valence-corrected chi connectivity index (χ1v) is 10.5. The van der Waals surface area contributed by atoms with Crippen LogP contribution in [0, 0.1) is 0 Å². The van der Waals surface area contributed by atoms with Crippen molar-refractivity contribution in [3.05, 3.63) is 84.1 Å². The van der Waals surface area contributed by atoms with Crippen LogP contribution in [0.3, 0.4) is 0 Å². The van der Waals surface area contributed by atoms with Gasteiger partial charge in [0.15, 0.2) is 5.84 Å². The zero-order valence-corrected chi connectivity index (χ0v) is 16.3. The number of aromatic nitrogens is 2. The zero-order valence-electron chi connectivity index (χ0n) is 15.5. The second-order valence-electron chi connectivity index (χ2n) is 6.71. The number of amides is 1. The minimum Gasteiger partial charge on any atom is -0.339 e. The van der Waals surface area contributed by atoms with Crippen molar-refractivity contribution in [3.63, 3.8) is 0 Å². The Bertz CT molecular complexity index is 1420. The lowest BCUT2D eigenvalue weighted by Gasteiger charge is -2.09. The molecule has 0 fully saturated rings. The van der Waals surface area contributed by atoms with Crippen molar-refractivity contribution in [2.24, 2.45) is 4.40 Å². The van der Waals surface area contributed by atoms with Gasteiger partial charge in [-0.2, -0.15) is 13.5 Å². The minimum absolute atomic E-state index is 0.177. The molecule has 1 aliphatic heterocycles. The molecule has 3 N–H and O–H groups in total. The van der Waals surface area contributed by atoms with Crippen LogP contribution in [0.2, 0.25) is 0 Å². The average molecular weight is 417 g/mol. The molecule has 5 rings (SSSR count). The summed E-state index contributed by atoms with van der Waals surface area (Å²) in [5.74, 6) is -0.0106. The normalized spacial score (nSPS) is 14.2. The van der Waals surface area contributed by atoms with E-state index in [4.69, 9.17) is 0 Å². The summed E-state index contributed by atoms with van der Waals surface area (Å²) in [5.41, 5.74) is 2.99. The van der Waals surface area contributed by atoms with Gasteiger partial charge in [-0.25, -0.2) is 0 Å². The Morgan fingerprint density at radius 1 is 0.933 bits per heavy atom. The molecule has 0 saturated carbocycles. The van der Waals surface area contributed by atoms with E-state index in [-0.39, 0.29) is 16.6 Å². The fraction of sp³-hybridized carbons (Fsp3) is 0. The van der Waals surface area contributed by atoms with Crippen LogP contribution in [-0.4, -0.2) is 30.4 Å². The number of aromatic amines is 1. The first-order valence-electron chi connectivity index (χ1n) is 9.06. The number of para-hydroxylation sites is 1. The number of carbonyl (C=O) groups excluding carboxylic acids is 1. The highest BCUT2D eigenvalue weighted by Gasteiger charge is 2.28. The van der Waals surface area contributed by atoms with Gasteiger partial charge in [-0.05, 0) is 42.5 Å². The molecule has 148 valence electrons. The van der Waals surface area contributed by atoms with Crippen LogP contribution < -0.4 is 10.6 Å². The zero-order chi connectivity index (χ0) is 20.7. The number of carbonyl (C=O) groups is 1. The summed E-state index contributed by atoms with van der Waals surface area (Å²) in [6, 6.07) is 18.9.